The largest absolute Gasteiger partial charge is 0.434 e. The van der Waals surface area contributed by atoms with E-state index in [1.807, 2.05) is 0 Å². The number of fused-ring (bicyclic) bond motifs is 1. The summed E-state index contributed by atoms with van der Waals surface area (Å²) in [5, 5.41) is 3.10. The second kappa shape index (κ2) is 6.38. The van der Waals surface area contributed by atoms with Gasteiger partial charge in [-0.05, 0) is 24.3 Å². The van der Waals surface area contributed by atoms with Gasteiger partial charge in [-0.1, -0.05) is 0 Å². The number of likely N-dealkylation sites (tertiary alicyclic amines) is 1. The Balaban J connectivity index is 1.88. The van der Waals surface area contributed by atoms with Crippen LogP contribution >= 0.6 is 0 Å². The molecule has 0 bridgehead atoms. The Morgan fingerprint density at radius 3 is 2.88 bits per heavy atom. The number of hydrogen-bond acceptors (Lipinski definition) is 4. The minimum atomic E-state index is -2.95. The number of amides is 2. The predicted octanol–water partition coefficient (Wildman–Crippen LogP) is 2.25. The van der Waals surface area contributed by atoms with Crippen LogP contribution in [0.2, 0.25) is 0 Å². The number of hydrogen-bond donors (Lipinski definition) is 1. The predicted molar refractivity (Wildman–Crippen MR) is 82.7 cm³/mol. The zero-order chi connectivity index (χ0) is 17.3. The molecule has 1 fully saturated rings. The van der Waals surface area contributed by atoms with Gasteiger partial charge in [-0.15, -0.1) is 0 Å². The Hall–Kier alpha value is -2.77. The second-order valence-electron chi connectivity index (χ2n) is 5.55. The van der Waals surface area contributed by atoms with Crippen molar-refractivity contribution in [3.05, 3.63) is 30.5 Å². The van der Waals surface area contributed by atoms with Gasteiger partial charge in [0, 0.05) is 31.6 Å². The lowest BCUT2D eigenvalue weighted by Crippen LogP contribution is -2.25. The molecule has 6 nitrogen and oxygen atoms in total. The van der Waals surface area contributed by atoms with E-state index in [1.165, 1.54) is 23.2 Å². The van der Waals surface area contributed by atoms with Crippen LogP contribution in [-0.4, -0.2) is 41.9 Å². The van der Waals surface area contributed by atoms with E-state index >= 15 is 0 Å². The maximum absolute atomic E-state index is 12.5. The molecule has 0 saturated carbocycles. The van der Waals surface area contributed by atoms with Gasteiger partial charge in [-0.3, -0.25) is 14.6 Å². The molecule has 3 rings (SSSR count). The number of rotatable bonds is 4. The molecule has 0 aliphatic carbocycles. The molecule has 1 saturated heterocycles. The minimum Gasteiger partial charge on any atom is -0.434 e. The average molecular weight is 335 g/mol. The van der Waals surface area contributed by atoms with Gasteiger partial charge in [0.25, 0.3) is 0 Å². The lowest BCUT2D eigenvalue weighted by Gasteiger charge is -2.14. The van der Waals surface area contributed by atoms with E-state index in [0.29, 0.717) is 23.1 Å². The molecule has 1 atom stereocenters. The number of pyridine rings is 1. The zero-order valence-electron chi connectivity index (χ0n) is 12.8. The van der Waals surface area contributed by atoms with Gasteiger partial charge >= 0.3 is 6.61 Å². The van der Waals surface area contributed by atoms with E-state index in [1.54, 1.807) is 19.2 Å². The van der Waals surface area contributed by atoms with Crippen LogP contribution in [0.3, 0.4) is 0 Å². The molecule has 2 heterocycles. The third-order valence-electron chi connectivity index (χ3n) is 3.92. The topological polar surface area (TPSA) is 71.5 Å². The smallest absolute Gasteiger partial charge is 0.387 e. The number of alkyl halides is 2. The first-order chi connectivity index (χ1) is 11.5. The van der Waals surface area contributed by atoms with Gasteiger partial charge < -0.3 is 15.0 Å². The summed E-state index contributed by atoms with van der Waals surface area (Å²) >= 11 is 0. The number of anilines is 1. The molecule has 126 valence electrons. The van der Waals surface area contributed by atoms with Gasteiger partial charge in [0.05, 0.1) is 17.1 Å². The highest BCUT2D eigenvalue weighted by Gasteiger charge is 2.32. The lowest BCUT2D eigenvalue weighted by molar-refractivity contribution is -0.127. The number of halogens is 2. The van der Waals surface area contributed by atoms with Crippen molar-refractivity contribution >= 4 is 28.4 Å². The van der Waals surface area contributed by atoms with Crippen molar-refractivity contribution in [1.82, 2.24) is 9.88 Å². The molecule has 8 heteroatoms. The first-order valence-corrected chi connectivity index (χ1v) is 7.33. The van der Waals surface area contributed by atoms with Crippen LogP contribution in [0, 0.1) is 5.92 Å². The summed E-state index contributed by atoms with van der Waals surface area (Å²) in [6.07, 6.45) is 1.65. The quantitative estimate of drug-likeness (QED) is 0.930. The molecule has 1 aromatic carbocycles. The standard InChI is InChI=1S/C16H15F2N3O3/c1-21-8-9(7-13(21)22)15(23)20-11-4-5-12(24-16(17)18)10-3-2-6-19-14(10)11/h2-6,9,16H,7-8H2,1H3,(H,20,23)/t9-/m1/s1. The van der Waals surface area contributed by atoms with Crippen molar-refractivity contribution in [3.63, 3.8) is 0 Å². The first-order valence-electron chi connectivity index (χ1n) is 7.33. The van der Waals surface area contributed by atoms with E-state index in [9.17, 15) is 18.4 Å². The molecule has 1 aliphatic heterocycles. The van der Waals surface area contributed by atoms with Gasteiger partial charge in [-0.25, -0.2) is 0 Å². The summed E-state index contributed by atoms with van der Waals surface area (Å²) in [7, 11) is 1.64. The highest BCUT2D eigenvalue weighted by Crippen LogP contribution is 2.31. The van der Waals surface area contributed by atoms with Gasteiger partial charge in [-0.2, -0.15) is 8.78 Å². The van der Waals surface area contributed by atoms with Crippen LogP contribution in [0.25, 0.3) is 10.9 Å². The molecule has 0 spiro atoms. The highest BCUT2D eigenvalue weighted by molar-refractivity contribution is 6.04. The summed E-state index contributed by atoms with van der Waals surface area (Å²) in [5.41, 5.74) is 0.737. The fourth-order valence-corrected chi connectivity index (χ4v) is 2.72. The maximum Gasteiger partial charge on any atom is 0.387 e. The van der Waals surface area contributed by atoms with Crippen LogP contribution in [0.4, 0.5) is 14.5 Å². The molecule has 1 aromatic heterocycles. The molecule has 2 amide bonds. The fraction of sp³-hybridized carbons (Fsp3) is 0.312. The molecule has 0 unspecified atom stereocenters. The van der Waals surface area contributed by atoms with Crippen molar-refractivity contribution in [2.24, 2.45) is 5.92 Å². The van der Waals surface area contributed by atoms with Crippen LogP contribution in [0.1, 0.15) is 6.42 Å². The first kappa shape index (κ1) is 16.1. The van der Waals surface area contributed by atoms with Crippen LogP contribution in [-0.2, 0) is 9.59 Å². The number of benzene rings is 1. The van der Waals surface area contributed by atoms with E-state index in [4.69, 9.17) is 0 Å². The normalized spacial score (nSPS) is 17.6. The average Bonchev–Trinajstić information content (AvgIpc) is 2.89. The molecular formula is C16H15F2N3O3. The van der Waals surface area contributed by atoms with Gasteiger partial charge in [0.1, 0.15) is 5.75 Å². The van der Waals surface area contributed by atoms with Crippen molar-refractivity contribution in [2.75, 3.05) is 18.9 Å². The molecule has 24 heavy (non-hydrogen) atoms. The SMILES string of the molecule is CN1C[C@H](C(=O)Nc2ccc(OC(F)F)c3cccnc23)CC1=O. The van der Waals surface area contributed by atoms with E-state index in [-0.39, 0.29) is 24.0 Å². The Morgan fingerprint density at radius 1 is 1.42 bits per heavy atom. The van der Waals surface area contributed by atoms with E-state index < -0.39 is 12.5 Å². The van der Waals surface area contributed by atoms with Crippen LogP contribution in [0.15, 0.2) is 30.5 Å². The molecular weight excluding hydrogens is 320 g/mol. The molecule has 2 aromatic rings. The summed E-state index contributed by atoms with van der Waals surface area (Å²) in [5.74, 6) is -0.846. The third kappa shape index (κ3) is 3.12. The highest BCUT2D eigenvalue weighted by atomic mass is 19.3. The Kier molecular flexibility index (Phi) is 4.28. The number of aromatic nitrogens is 1. The number of nitrogens with one attached hydrogen (secondary N) is 1. The molecule has 1 aliphatic rings. The number of nitrogens with zero attached hydrogens (tertiary/aromatic N) is 2. The fourth-order valence-electron chi connectivity index (χ4n) is 2.72. The monoisotopic (exact) mass is 335 g/mol. The number of ether oxygens (including phenoxy) is 1. The van der Waals surface area contributed by atoms with E-state index in [0.717, 1.165) is 0 Å². The summed E-state index contributed by atoms with van der Waals surface area (Å²) in [4.78, 5) is 29.5. The van der Waals surface area contributed by atoms with Crippen molar-refractivity contribution in [1.29, 1.82) is 0 Å². The second-order valence-corrected chi connectivity index (χ2v) is 5.55. The van der Waals surface area contributed by atoms with Crippen LogP contribution < -0.4 is 10.1 Å². The van der Waals surface area contributed by atoms with Crippen molar-refractivity contribution in [2.45, 2.75) is 13.0 Å². The van der Waals surface area contributed by atoms with Gasteiger partial charge in [0.15, 0.2) is 0 Å². The Labute approximate surface area is 136 Å². The molecule has 1 N–H and O–H groups in total. The zero-order valence-corrected chi connectivity index (χ0v) is 12.8. The van der Waals surface area contributed by atoms with Gasteiger partial charge in [0.2, 0.25) is 11.8 Å². The van der Waals surface area contributed by atoms with E-state index in [2.05, 4.69) is 15.0 Å². The summed E-state index contributed by atoms with van der Waals surface area (Å²) < 4.78 is 29.5. The summed E-state index contributed by atoms with van der Waals surface area (Å²) in [6, 6.07) is 6.00. The third-order valence-corrected chi connectivity index (χ3v) is 3.92. The lowest BCUT2D eigenvalue weighted by atomic mass is 10.1. The Morgan fingerprint density at radius 2 is 2.21 bits per heavy atom. The Bertz CT molecular complexity index is 797. The van der Waals surface area contributed by atoms with Crippen molar-refractivity contribution < 1.29 is 23.1 Å². The maximum atomic E-state index is 12.5. The molecule has 0 radical (unpaired) electrons. The van der Waals surface area contributed by atoms with Crippen molar-refractivity contribution in [3.8, 4) is 5.75 Å². The summed E-state index contributed by atoms with van der Waals surface area (Å²) in [6.45, 7) is -2.60. The minimum absolute atomic E-state index is 0.0122. The number of carbonyl (C=O) groups excluding carboxylic acids is 2. The number of carbonyl (C=O) groups is 2. The van der Waals surface area contributed by atoms with Crippen LogP contribution in [0.5, 0.6) is 5.75 Å².